The molecule has 1 atom stereocenters. The van der Waals surface area contributed by atoms with Crippen LogP contribution in [0.3, 0.4) is 0 Å². The quantitative estimate of drug-likeness (QED) is 0.520. The van der Waals surface area contributed by atoms with Crippen LogP contribution in [0.4, 0.5) is 0 Å². The van der Waals surface area contributed by atoms with Crippen molar-refractivity contribution in [3.63, 3.8) is 0 Å². The maximum Gasteiger partial charge on any atom is 0.303 e. The fraction of sp³-hybridized carbons (Fsp3) is 0.292. The molecule has 0 aliphatic rings. The monoisotopic (exact) mass is 364 g/mol. The SMILES string of the molecule is CCCC=Cc1ccc(C(O)c2cccc(/C=C\CCCC(=O)O)c2)cc1. The molecule has 3 nitrogen and oxygen atoms in total. The Morgan fingerprint density at radius 3 is 2.37 bits per heavy atom. The number of aliphatic carboxylic acids is 1. The van der Waals surface area contributed by atoms with Crippen molar-refractivity contribution in [1.29, 1.82) is 0 Å². The zero-order chi connectivity index (χ0) is 19.5. The van der Waals surface area contributed by atoms with Gasteiger partial charge in [-0.1, -0.05) is 80.1 Å². The van der Waals surface area contributed by atoms with Crippen molar-refractivity contribution in [2.24, 2.45) is 0 Å². The lowest BCUT2D eigenvalue weighted by molar-refractivity contribution is -0.137. The number of hydrogen-bond donors (Lipinski definition) is 2. The first kappa shape index (κ1) is 20.7. The van der Waals surface area contributed by atoms with Crippen LogP contribution in [0.5, 0.6) is 0 Å². The van der Waals surface area contributed by atoms with Crippen molar-refractivity contribution < 1.29 is 15.0 Å². The number of benzene rings is 2. The smallest absolute Gasteiger partial charge is 0.303 e. The number of aliphatic hydroxyl groups is 1. The topological polar surface area (TPSA) is 57.5 Å². The molecule has 0 saturated carbocycles. The Balaban J connectivity index is 2.00. The minimum atomic E-state index is -0.764. The molecule has 0 heterocycles. The van der Waals surface area contributed by atoms with E-state index in [-0.39, 0.29) is 6.42 Å². The van der Waals surface area contributed by atoms with Gasteiger partial charge in [-0.3, -0.25) is 4.79 Å². The lowest BCUT2D eigenvalue weighted by atomic mass is 9.98. The normalized spacial score (nSPS) is 12.7. The second-order valence-electron chi connectivity index (χ2n) is 6.62. The summed E-state index contributed by atoms with van der Waals surface area (Å²) in [5.41, 5.74) is 3.85. The minimum Gasteiger partial charge on any atom is -0.481 e. The molecule has 0 aromatic heterocycles. The first-order valence-electron chi connectivity index (χ1n) is 9.53. The Bertz CT molecular complexity index is 772. The van der Waals surface area contributed by atoms with Gasteiger partial charge in [-0.2, -0.15) is 0 Å². The number of rotatable bonds is 10. The van der Waals surface area contributed by atoms with Crippen LogP contribution in [0.1, 0.15) is 67.4 Å². The van der Waals surface area contributed by atoms with E-state index in [0.29, 0.717) is 6.42 Å². The van der Waals surface area contributed by atoms with Crippen LogP contribution in [0.25, 0.3) is 12.2 Å². The third-order valence-electron chi connectivity index (χ3n) is 4.32. The largest absolute Gasteiger partial charge is 0.481 e. The first-order valence-corrected chi connectivity index (χ1v) is 9.53. The Morgan fingerprint density at radius 1 is 0.963 bits per heavy atom. The summed E-state index contributed by atoms with van der Waals surface area (Å²) in [4.78, 5) is 10.5. The van der Waals surface area contributed by atoms with Gasteiger partial charge in [0.05, 0.1) is 0 Å². The van der Waals surface area contributed by atoms with Crippen molar-refractivity contribution in [3.05, 3.63) is 82.9 Å². The standard InChI is InChI=1S/C24H28O3/c1-2-3-5-9-19-14-16-21(17-15-19)24(27)22-12-8-11-20(18-22)10-6-4-7-13-23(25)26/h5-6,8-12,14-18,24,27H,2-4,7,13H2,1H3,(H,25,26)/b9-5?,10-6-. The molecular formula is C24H28O3. The highest BCUT2D eigenvalue weighted by atomic mass is 16.4. The van der Waals surface area contributed by atoms with Crippen molar-refractivity contribution in [1.82, 2.24) is 0 Å². The number of carboxylic acid groups (broad SMARTS) is 1. The van der Waals surface area contributed by atoms with Crippen molar-refractivity contribution >= 4 is 18.1 Å². The van der Waals surface area contributed by atoms with Crippen molar-refractivity contribution in [2.45, 2.75) is 45.1 Å². The van der Waals surface area contributed by atoms with E-state index >= 15 is 0 Å². The molecule has 0 radical (unpaired) electrons. The van der Waals surface area contributed by atoms with Crippen LogP contribution >= 0.6 is 0 Å². The summed E-state index contributed by atoms with van der Waals surface area (Å²) in [7, 11) is 0. The fourth-order valence-corrected chi connectivity index (χ4v) is 2.79. The Labute approximate surface area is 161 Å². The van der Waals surface area contributed by atoms with Gasteiger partial charge in [-0.15, -0.1) is 0 Å². The highest BCUT2D eigenvalue weighted by molar-refractivity contribution is 5.66. The van der Waals surface area contributed by atoms with E-state index < -0.39 is 12.1 Å². The van der Waals surface area contributed by atoms with Crippen LogP contribution in [0.2, 0.25) is 0 Å². The van der Waals surface area contributed by atoms with Gasteiger partial charge in [0, 0.05) is 6.42 Å². The predicted octanol–water partition coefficient (Wildman–Crippen LogP) is 5.85. The van der Waals surface area contributed by atoms with E-state index in [1.54, 1.807) is 0 Å². The molecule has 27 heavy (non-hydrogen) atoms. The van der Waals surface area contributed by atoms with Crippen LogP contribution in [-0.4, -0.2) is 16.2 Å². The molecule has 3 heteroatoms. The highest BCUT2D eigenvalue weighted by Crippen LogP contribution is 2.24. The average Bonchev–Trinajstić information content (AvgIpc) is 2.68. The average molecular weight is 364 g/mol. The van der Waals surface area contributed by atoms with Crippen LogP contribution in [-0.2, 0) is 4.79 Å². The van der Waals surface area contributed by atoms with E-state index in [9.17, 15) is 9.90 Å². The molecule has 2 aromatic rings. The van der Waals surface area contributed by atoms with Gasteiger partial charge in [0.2, 0.25) is 0 Å². The summed E-state index contributed by atoms with van der Waals surface area (Å²) >= 11 is 0. The Morgan fingerprint density at radius 2 is 1.67 bits per heavy atom. The second kappa shape index (κ2) is 11.1. The van der Waals surface area contributed by atoms with Crippen molar-refractivity contribution in [3.8, 4) is 0 Å². The molecular weight excluding hydrogens is 336 g/mol. The van der Waals surface area contributed by atoms with E-state index in [0.717, 1.165) is 41.5 Å². The zero-order valence-electron chi connectivity index (χ0n) is 15.8. The van der Waals surface area contributed by atoms with E-state index in [4.69, 9.17) is 5.11 Å². The summed E-state index contributed by atoms with van der Waals surface area (Å²) in [6, 6.07) is 15.8. The number of allylic oxidation sites excluding steroid dienone is 2. The van der Waals surface area contributed by atoms with E-state index in [2.05, 4.69) is 19.1 Å². The maximum absolute atomic E-state index is 10.7. The molecule has 2 N–H and O–H groups in total. The molecule has 0 spiro atoms. The summed E-state index contributed by atoms with van der Waals surface area (Å²) in [6.07, 6.45) is 11.3. The zero-order valence-corrected chi connectivity index (χ0v) is 15.8. The summed E-state index contributed by atoms with van der Waals surface area (Å²) < 4.78 is 0. The summed E-state index contributed by atoms with van der Waals surface area (Å²) in [6.45, 7) is 2.16. The second-order valence-corrected chi connectivity index (χ2v) is 6.62. The molecule has 0 aliphatic heterocycles. The molecule has 142 valence electrons. The molecule has 1 unspecified atom stereocenters. The molecule has 0 fully saturated rings. The lowest BCUT2D eigenvalue weighted by Crippen LogP contribution is -1.99. The summed E-state index contributed by atoms with van der Waals surface area (Å²) in [5, 5.41) is 19.3. The summed E-state index contributed by atoms with van der Waals surface area (Å²) in [5.74, 6) is -0.764. The van der Waals surface area contributed by atoms with Crippen LogP contribution in [0, 0.1) is 0 Å². The van der Waals surface area contributed by atoms with Gasteiger partial charge in [-0.25, -0.2) is 0 Å². The van der Waals surface area contributed by atoms with Gasteiger partial charge in [0.15, 0.2) is 0 Å². The first-order chi connectivity index (χ1) is 13.1. The van der Waals surface area contributed by atoms with Gasteiger partial charge >= 0.3 is 5.97 Å². The van der Waals surface area contributed by atoms with E-state index in [1.807, 2.05) is 60.7 Å². The van der Waals surface area contributed by atoms with Gasteiger partial charge in [0.25, 0.3) is 0 Å². The van der Waals surface area contributed by atoms with Gasteiger partial charge in [-0.05, 0) is 47.6 Å². The lowest BCUT2D eigenvalue weighted by Gasteiger charge is -2.12. The minimum absolute atomic E-state index is 0.187. The number of hydrogen-bond acceptors (Lipinski definition) is 2. The number of unbranched alkanes of at least 4 members (excludes halogenated alkanes) is 2. The van der Waals surface area contributed by atoms with Crippen LogP contribution in [0.15, 0.2) is 60.7 Å². The third-order valence-corrected chi connectivity index (χ3v) is 4.32. The number of aliphatic hydroxyl groups excluding tert-OH is 1. The molecule has 0 bridgehead atoms. The van der Waals surface area contributed by atoms with Crippen molar-refractivity contribution in [2.75, 3.05) is 0 Å². The Hall–Kier alpha value is -2.65. The van der Waals surface area contributed by atoms with Crippen LogP contribution < -0.4 is 0 Å². The maximum atomic E-state index is 10.7. The third kappa shape index (κ3) is 7.24. The van der Waals surface area contributed by atoms with E-state index in [1.165, 1.54) is 0 Å². The molecule has 0 amide bonds. The molecule has 0 aliphatic carbocycles. The number of carboxylic acids is 1. The van der Waals surface area contributed by atoms with Gasteiger partial charge in [0.1, 0.15) is 6.10 Å². The molecule has 0 saturated heterocycles. The predicted molar refractivity (Wildman–Crippen MR) is 111 cm³/mol. The number of carbonyl (C=O) groups is 1. The van der Waals surface area contributed by atoms with Gasteiger partial charge < -0.3 is 10.2 Å². The molecule has 2 rings (SSSR count). The highest BCUT2D eigenvalue weighted by Gasteiger charge is 2.10. The molecule has 2 aromatic carbocycles. The fourth-order valence-electron chi connectivity index (χ4n) is 2.79. The Kier molecular flexibility index (Phi) is 8.53.